The summed E-state index contributed by atoms with van der Waals surface area (Å²) < 4.78 is 1.52. The standard InChI is InChI=1S/C9H10N4O3.ClH/c10-9(15)12-8(14)6-13-3-1-2-7(5-13)4-11-16;/h1-5H,6H2,(H3-,10,12,14,15,16);1H/b11-4+;. The van der Waals surface area contributed by atoms with Crippen LogP contribution in [0.25, 0.3) is 0 Å². The number of primary amides is 1. The number of carbonyl (C=O) groups excluding carboxylic acids is 2. The lowest BCUT2D eigenvalue weighted by molar-refractivity contribution is -0.684. The van der Waals surface area contributed by atoms with Gasteiger partial charge in [-0.25, -0.2) is 4.79 Å². The molecule has 4 N–H and O–H groups in total. The van der Waals surface area contributed by atoms with Crippen LogP contribution in [0.2, 0.25) is 0 Å². The number of amides is 3. The van der Waals surface area contributed by atoms with Crippen molar-refractivity contribution < 1.29 is 31.8 Å². The van der Waals surface area contributed by atoms with Gasteiger partial charge >= 0.3 is 6.03 Å². The predicted octanol–water partition coefficient (Wildman–Crippen LogP) is -4.02. The minimum atomic E-state index is -0.890. The summed E-state index contributed by atoms with van der Waals surface area (Å²) in [5, 5.41) is 13.1. The third-order valence-corrected chi connectivity index (χ3v) is 1.68. The maximum absolute atomic E-state index is 11.2. The smallest absolute Gasteiger partial charge is 0.319 e. The van der Waals surface area contributed by atoms with Crippen molar-refractivity contribution in [3.8, 4) is 0 Å². The van der Waals surface area contributed by atoms with E-state index in [4.69, 9.17) is 10.9 Å². The van der Waals surface area contributed by atoms with Gasteiger partial charge in [-0.05, 0) is 6.07 Å². The summed E-state index contributed by atoms with van der Waals surface area (Å²) >= 11 is 0. The lowest BCUT2D eigenvalue weighted by Gasteiger charge is -1.97. The third kappa shape index (κ3) is 5.47. The topological polar surface area (TPSA) is 109 Å². The van der Waals surface area contributed by atoms with E-state index in [1.54, 1.807) is 24.5 Å². The van der Waals surface area contributed by atoms with E-state index in [0.29, 0.717) is 5.56 Å². The molecule has 7 nitrogen and oxygen atoms in total. The van der Waals surface area contributed by atoms with E-state index in [1.165, 1.54) is 10.8 Å². The van der Waals surface area contributed by atoms with E-state index in [-0.39, 0.29) is 19.0 Å². The van der Waals surface area contributed by atoms with E-state index in [9.17, 15) is 9.59 Å². The molecule has 0 fully saturated rings. The van der Waals surface area contributed by atoms with Gasteiger partial charge < -0.3 is 23.3 Å². The molecule has 0 aliphatic rings. The second-order valence-corrected chi connectivity index (χ2v) is 2.97. The molecule has 8 heteroatoms. The quantitative estimate of drug-likeness (QED) is 0.222. The number of halogens is 1. The van der Waals surface area contributed by atoms with Gasteiger partial charge in [-0.2, -0.15) is 4.57 Å². The lowest BCUT2D eigenvalue weighted by atomic mass is 10.3. The van der Waals surface area contributed by atoms with Crippen molar-refractivity contribution in [2.24, 2.45) is 10.9 Å². The number of aromatic nitrogens is 1. The third-order valence-electron chi connectivity index (χ3n) is 1.68. The van der Waals surface area contributed by atoms with Crippen LogP contribution in [0.15, 0.2) is 29.7 Å². The molecular formula is C9H11ClN4O3. The first-order valence-electron chi connectivity index (χ1n) is 4.37. The number of nitrogens with two attached hydrogens (primary N) is 1. The van der Waals surface area contributed by atoms with Crippen LogP contribution in [0.3, 0.4) is 0 Å². The number of nitrogens with zero attached hydrogens (tertiary/aromatic N) is 2. The van der Waals surface area contributed by atoms with E-state index in [1.807, 2.05) is 5.32 Å². The minimum absolute atomic E-state index is 0. The maximum Gasteiger partial charge on any atom is 0.319 e. The Bertz CT molecular complexity index is 436. The summed E-state index contributed by atoms with van der Waals surface area (Å²) in [7, 11) is 0. The summed E-state index contributed by atoms with van der Waals surface area (Å²) in [6.07, 6.45) is 4.44. The average molecular weight is 259 g/mol. The highest BCUT2D eigenvalue weighted by molar-refractivity contribution is 5.92. The number of oxime groups is 1. The van der Waals surface area contributed by atoms with Crippen molar-refractivity contribution in [2.75, 3.05) is 0 Å². The van der Waals surface area contributed by atoms with Gasteiger partial charge in [0.25, 0.3) is 5.91 Å². The monoisotopic (exact) mass is 258 g/mol. The Labute approximate surface area is 103 Å². The van der Waals surface area contributed by atoms with Gasteiger partial charge in [-0.15, -0.1) is 0 Å². The second-order valence-electron chi connectivity index (χ2n) is 2.97. The molecular weight excluding hydrogens is 248 g/mol. The number of rotatable bonds is 3. The average Bonchev–Trinajstić information content (AvgIpc) is 2.17. The molecule has 0 spiro atoms. The molecule has 0 aromatic carbocycles. The number of nitrogens with one attached hydrogen (secondary N) is 1. The Balaban J connectivity index is 0.00000256. The van der Waals surface area contributed by atoms with Gasteiger partial charge in [0.15, 0.2) is 12.4 Å². The number of hydrogen-bond acceptors (Lipinski definition) is 4. The molecule has 92 valence electrons. The summed E-state index contributed by atoms with van der Waals surface area (Å²) in [4.78, 5) is 21.6. The fourth-order valence-electron chi connectivity index (χ4n) is 1.13. The molecule has 1 aromatic rings. The van der Waals surface area contributed by atoms with Gasteiger partial charge in [0.05, 0.1) is 11.8 Å². The van der Waals surface area contributed by atoms with Crippen molar-refractivity contribution in [1.29, 1.82) is 0 Å². The zero-order valence-corrected chi connectivity index (χ0v) is 9.46. The fourth-order valence-corrected chi connectivity index (χ4v) is 1.13. The van der Waals surface area contributed by atoms with Crippen molar-refractivity contribution in [1.82, 2.24) is 5.32 Å². The van der Waals surface area contributed by atoms with Crippen LogP contribution in [-0.2, 0) is 11.3 Å². The number of pyridine rings is 1. The molecule has 0 aliphatic heterocycles. The van der Waals surface area contributed by atoms with Gasteiger partial charge in [-0.1, -0.05) is 5.16 Å². The highest BCUT2D eigenvalue weighted by atomic mass is 35.5. The van der Waals surface area contributed by atoms with Crippen LogP contribution in [0, 0.1) is 0 Å². The predicted molar refractivity (Wildman–Crippen MR) is 53.7 cm³/mol. The summed E-state index contributed by atoms with van der Waals surface area (Å²) in [5.41, 5.74) is 5.41. The first-order valence-corrected chi connectivity index (χ1v) is 4.37. The highest BCUT2D eigenvalue weighted by Gasteiger charge is 2.10. The Kier molecular flexibility index (Phi) is 6.27. The van der Waals surface area contributed by atoms with Gasteiger partial charge in [-0.3, -0.25) is 10.1 Å². The zero-order valence-electron chi connectivity index (χ0n) is 8.71. The first kappa shape index (κ1) is 14.8. The largest absolute Gasteiger partial charge is 1.00 e. The molecule has 0 atom stereocenters. The molecule has 3 amide bonds. The number of imide groups is 1. The van der Waals surface area contributed by atoms with Gasteiger partial charge in [0, 0.05) is 6.07 Å². The SMILES string of the molecule is NC(=O)NC(=O)C[n+]1cccc(/C=N/O)c1.[Cl-]. The molecule has 1 heterocycles. The molecule has 0 bridgehead atoms. The second kappa shape index (κ2) is 7.18. The summed E-state index contributed by atoms with van der Waals surface area (Å²) in [6.45, 7) is -0.0456. The zero-order chi connectivity index (χ0) is 12.0. The van der Waals surface area contributed by atoms with E-state index in [0.717, 1.165) is 0 Å². The van der Waals surface area contributed by atoms with Crippen molar-refractivity contribution in [2.45, 2.75) is 6.54 Å². The molecule has 17 heavy (non-hydrogen) atoms. The number of hydrogen-bond donors (Lipinski definition) is 3. The van der Waals surface area contributed by atoms with Crippen LogP contribution >= 0.6 is 0 Å². The number of carbonyl (C=O) groups is 2. The summed E-state index contributed by atoms with van der Waals surface area (Å²) in [6, 6.07) is 2.48. The van der Waals surface area contributed by atoms with Gasteiger partial charge in [0.1, 0.15) is 0 Å². The first-order chi connectivity index (χ1) is 7.61. The van der Waals surface area contributed by atoms with Crippen molar-refractivity contribution in [3.63, 3.8) is 0 Å². The molecule has 0 aliphatic carbocycles. The normalized spacial score (nSPS) is 9.65. The van der Waals surface area contributed by atoms with Crippen LogP contribution in [-0.4, -0.2) is 23.4 Å². The Morgan fingerprint density at radius 2 is 2.29 bits per heavy atom. The highest BCUT2D eigenvalue weighted by Crippen LogP contribution is 1.89. The Morgan fingerprint density at radius 3 is 2.88 bits per heavy atom. The molecule has 1 rings (SSSR count). The van der Waals surface area contributed by atoms with Crippen LogP contribution < -0.4 is 28.0 Å². The lowest BCUT2D eigenvalue weighted by Crippen LogP contribution is -3.00. The molecule has 0 saturated carbocycles. The summed E-state index contributed by atoms with van der Waals surface area (Å²) in [5.74, 6) is -0.518. The Morgan fingerprint density at radius 1 is 1.59 bits per heavy atom. The minimum Gasteiger partial charge on any atom is -1.00 e. The maximum atomic E-state index is 11.2. The molecule has 0 radical (unpaired) electrons. The van der Waals surface area contributed by atoms with E-state index in [2.05, 4.69) is 5.16 Å². The fraction of sp³-hybridized carbons (Fsp3) is 0.111. The van der Waals surface area contributed by atoms with Crippen molar-refractivity contribution >= 4 is 18.2 Å². The van der Waals surface area contributed by atoms with Crippen LogP contribution in [0.4, 0.5) is 4.79 Å². The Hall–Kier alpha value is -2.15. The van der Waals surface area contributed by atoms with Crippen molar-refractivity contribution in [3.05, 3.63) is 30.1 Å². The van der Waals surface area contributed by atoms with Crippen LogP contribution in [0.1, 0.15) is 5.56 Å². The van der Waals surface area contributed by atoms with Gasteiger partial charge in [0.2, 0.25) is 6.54 Å². The van der Waals surface area contributed by atoms with Crippen LogP contribution in [0.5, 0.6) is 0 Å². The van der Waals surface area contributed by atoms with E-state index < -0.39 is 11.9 Å². The molecule has 0 unspecified atom stereocenters. The number of urea groups is 1. The molecule has 1 aromatic heterocycles. The molecule has 0 saturated heterocycles. The van der Waals surface area contributed by atoms with E-state index >= 15 is 0 Å².